The van der Waals surface area contributed by atoms with Crippen LogP contribution in [0.2, 0.25) is 0 Å². The van der Waals surface area contributed by atoms with Crippen molar-refractivity contribution in [3.8, 4) is 0 Å². The smallest absolute Gasteiger partial charge is 0.228 e. The minimum absolute atomic E-state index is 0.0170. The molecule has 2 N–H and O–H groups in total. The first-order valence-electron chi connectivity index (χ1n) is 11.0. The number of benzene rings is 1. The van der Waals surface area contributed by atoms with Crippen molar-refractivity contribution in [1.82, 2.24) is 14.9 Å². The minimum Gasteiger partial charge on any atom is -0.346 e. The van der Waals surface area contributed by atoms with E-state index in [2.05, 4.69) is 28.3 Å². The van der Waals surface area contributed by atoms with Crippen molar-refractivity contribution >= 4 is 34.2 Å². The molecule has 0 radical (unpaired) electrons. The van der Waals surface area contributed by atoms with Crippen LogP contribution in [0.5, 0.6) is 0 Å². The minimum atomic E-state index is -0.331. The number of aromatic amines is 1. The molecule has 1 aliphatic heterocycles. The number of H-pyrrole nitrogens is 1. The lowest BCUT2D eigenvalue weighted by Crippen LogP contribution is -2.39. The monoisotopic (exact) mass is 432 g/mol. The standard InChI is InChI=1S/C25H25FN4O2/c1-15-14-30(23(31)12-16-3-2-4-18(26)11-16)10-8-19(15)21-13-22(29-25(32)17-5-6-17)28-24-20(21)7-9-27-24/h2-4,7-9,11,13,15,17H,5-6,10,12,14H2,1H3,(H2,27,28,29,32). The molecule has 7 heteroatoms. The van der Waals surface area contributed by atoms with E-state index in [-0.39, 0.29) is 35.9 Å². The fourth-order valence-corrected chi connectivity index (χ4v) is 4.34. The van der Waals surface area contributed by atoms with Gasteiger partial charge < -0.3 is 15.2 Å². The highest BCUT2D eigenvalue weighted by molar-refractivity contribution is 5.97. The molecule has 1 saturated carbocycles. The Kier molecular flexibility index (Phi) is 5.25. The first-order valence-corrected chi connectivity index (χ1v) is 11.0. The maximum Gasteiger partial charge on any atom is 0.228 e. The van der Waals surface area contributed by atoms with E-state index in [4.69, 9.17) is 0 Å². The van der Waals surface area contributed by atoms with Crippen molar-refractivity contribution in [2.45, 2.75) is 26.2 Å². The van der Waals surface area contributed by atoms with Crippen LogP contribution in [0, 0.1) is 17.7 Å². The highest BCUT2D eigenvalue weighted by Crippen LogP contribution is 2.35. The number of hydrogen-bond donors (Lipinski definition) is 2. The van der Waals surface area contributed by atoms with Crippen LogP contribution < -0.4 is 5.32 Å². The van der Waals surface area contributed by atoms with E-state index in [0.29, 0.717) is 24.5 Å². The van der Waals surface area contributed by atoms with E-state index in [1.165, 1.54) is 12.1 Å². The Hall–Kier alpha value is -3.48. The fraction of sp³-hybridized carbons (Fsp3) is 0.320. The third-order valence-corrected chi connectivity index (χ3v) is 6.19. The fourth-order valence-electron chi connectivity index (χ4n) is 4.34. The summed E-state index contributed by atoms with van der Waals surface area (Å²) in [4.78, 5) is 34.6. The molecule has 0 spiro atoms. The first-order chi connectivity index (χ1) is 15.5. The Bertz CT molecular complexity index is 1230. The van der Waals surface area contributed by atoms with E-state index < -0.39 is 0 Å². The van der Waals surface area contributed by atoms with E-state index in [0.717, 1.165) is 35.0 Å². The van der Waals surface area contributed by atoms with Gasteiger partial charge >= 0.3 is 0 Å². The SMILES string of the molecule is CC1CN(C(=O)Cc2cccc(F)c2)CC=C1c1cc(NC(=O)C2CC2)nc2[nH]ccc12. The van der Waals surface area contributed by atoms with Crippen LogP contribution in [0.4, 0.5) is 10.2 Å². The van der Waals surface area contributed by atoms with Gasteiger partial charge in [0, 0.05) is 30.6 Å². The number of halogens is 1. The second-order valence-corrected chi connectivity index (χ2v) is 8.72. The van der Waals surface area contributed by atoms with Gasteiger partial charge in [-0.3, -0.25) is 9.59 Å². The summed E-state index contributed by atoms with van der Waals surface area (Å²) < 4.78 is 13.5. The van der Waals surface area contributed by atoms with Gasteiger partial charge in [0.2, 0.25) is 11.8 Å². The van der Waals surface area contributed by atoms with Gasteiger partial charge in [0.25, 0.3) is 0 Å². The lowest BCUT2D eigenvalue weighted by Gasteiger charge is -2.32. The van der Waals surface area contributed by atoms with Crippen LogP contribution >= 0.6 is 0 Å². The number of aromatic nitrogens is 2. The van der Waals surface area contributed by atoms with Gasteiger partial charge in [-0.05, 0) is 59.7 Å². The van der Waals surface area contributed by atoms with Crippen molar-refractivity contribution < 1.29 is 14.0 Å². The first kappa shape index (κ1) is 20.4. The third-order valence-electron chi connectivity index (χ3n) is 6.19. The molecule has 1 unspecified atom stereocenters. The van der Waals surface area contributed by atoms with Gasteiger partial charge in [0.1, 0.15) is 17.3 Å². The molecule has 2 amide bonds. The van der Waals surface area contributed by atoms with E-state index >= 15 is 0 Å². The van der Waals surface area contributed by atoms with Crippen LogP contribution in [-0.2, 0) is 16.0 Å². The molecule has 1 atom stereocenters. The van der Waals surface area contributed by atoms with Gasteiger partial charge in [0.15, 0.2) is 0 Å². The summed E-state index contributed by atoms with van der Waals surface area (Å²) in [5.74, 6) is 0.426. The van der Waals surface area contributed by atoms with Crippen molar-refractivity contribution in [2.24, 2.45) is 11.8 Å². The van der Waals surface area contributed by atoms with Gasteiger partial charge in [-0.25, -0.2) is 9.37 Å². The average molecular weight is 432 g/mol. The molecule has 0 bridgehead atoms. The number of hydrogen-bond acceptors (Lipinski definition) is 3. The predicted octanol–water partition coefficient (Wildman–Crippen LogP) is 4.15. The van der Waals surface area contributed by atoms with Crippen LogP contribution in [0.3, 0.4) is 0 Å². The van der Waals surface area contributed by atoms with Gasteiger partial charge in [-0.1, -0.05) is 25.1 Å². The van der Waals surface area contributed by atoms with Crippen LogP contribution in [-0.4, -0.2) is 39.8 Å². The molecule has 3 aromatic rings. The average Bonchev–Trinajstić information content (AvgIpc) is 3.51. The number of nitrogens with one attached hydrogen (secondary N) is 2. The highest BCUT2D eigenvalue weighted by Gasteiger charge is 2.30. The van der Waals surface area contributed by atoms with E-state index in [9.17, 15) is 14.0 Å². The molecule has 2 aromatic heterocycles. The Balaban J connectivity index is 1.38. The predicted molar refractivity (Wildman–Crippen MR) is 121 cm³/mol. The summed E-state index contributed by atoms with van der Waals surface area (Å²) >= 11 is 0. The Morgan fingerprint density at radius 1 is 1.25 bits per heavy atom. The van der Waals surface area contributed by atoms with Crippen molar-refractivity contribution in [2.75, 3.05) is 18.4 Å². The molecule has 164 valence electrons. The Morgan fingerprint density at radius 2 is 2.09 bits per heavy atom. The number of carbonyl (C=O) groups excluding carboxylic acids is 2. The highest BCUT2D eigenvalue weighted by atomic mass is 19.1. The van der Waals surface area contributed by atoms with Crippen LogP contribution in [0.1, 0.15) is 30.9 Å². The number of nitrogens with zero attached hydrogens (tertiary/aromatic N) is 2. The van der Waals surface area contributed by atoms with E-state index in [1.54, 1.807) is 12.1 Å². The zero-order chi connectivity index (χ0) is 22.2. The maximum atomic E-state index is 13.5. The zero-order valence-corrected chi connectivity index (χ0v) is 17.9. The molecule has 3 heterocycles. The van der Waals surface area contributed by atoms with Gasteiger partial charge in [0.05, 0.1) is 6.42 Å². The number of anilines is 1. The van der Waals surface area contributed by atoms with Crippen molar-refractivity contribution in [3.63, 3.8) is 0 Å². The second kappa shape index (κ2) is 8.22. The molecule has 6 nitrogen and oxygen atoms in total. The third kappa shape index (κ3) is 4.15. The molecule has 2 aliphatic rings. The lowest BCUT2D eigenvalue weighted by atomic mass is 9.89. The second-order valence-electron chi connectivity index (χ2n) is 8.72. The summed E-state index contributed by atoms with van der Waals surface area (Å²) in [6.07, 6.45) is 5.97. The Morgan fingerprint density at radius 3 is 2.84 bits per heavy atom. The van der Waals surface area contributed by atoms with Gasteiger partial charge in [-0.15, -0.1) is 0 Å². The van der Waals surface area contributed by atoms with E-state index in [1.807, 2.05) is 23.2 Å². The number of amides is 2. The lowest BCUT2D eigenvalue weighted by molar-refractivity contribution is -0.130. The molecule has 1 fully saturated rings. The quantitative estimate of drug-likeness (QED) is 0.636. The summed E-state index contributed by atoms with van der Waals surface area (Å²) in [6, 6.07) is 10.1. The molecular weight excluding hydrogens is 407 g/mol. The number of rotatable bonds is 5. The summed E-state index contributed by atoms with van der Waals surface area (Å²) in [5, 5.41) is 3.94. The molecule has 1 aromatic carbocycles. The van der Waals surface area contributed by atoms with Crippen LogP contribution in [0.25, 0.3) is 16.6 Å². The van der Waals surface area contributed by atoms with Crippen LogP contribution in [0.15, 0.2) is 48.7 Å². The molecule has 1 aliphatic carbocycles. The maximum absolute atomic E-state index is 13.5. The summed E-state index contributed by atoms with van der Waals surface area (Å²) in [5.41, 5.74) is 3.56. The summed E-state index contributed by atoms with van der Waals surface area (Å²) in [6.45, 7) is 3.17. The van der Waals surface area contributed by atoms with Gasteiger partial charge in [-0.2, -0.15) is 0 Å². The van der Waals surface area contributed by atoms with Crippen molar-refractivity contribution in [1.29, 1.82) is 0 Å². The number of fused-ring (bicyclic) bond motifs is 1. The molecular formula is C25H25FN4O2. The summed E-state index contributed by atoms with van der Waals surface area (Å²) in [7, 11) is 0. The largest absolute Gasteiger partial charge is 0.346 e. The van der Waals surface area contributed by atoms with Crippen molar-refractivity contribution in [3.05, 3.63) is 65.6 Å². The molecule has 32 heavy (non-hydrogen) atoms. The zero-order valence-electron chi connectivity index (χ0n) is 17.9. The number of carbonyl (C=O) groups is 2. The normalized spacial score (nSPS) is 18.5. The molecule has 0 saturated heterocycles. The molecule has 5 rings (SSSR count). The Labute approximate surface area is 185 Å². The number of pyridine rings is 1. The topological polar surface area (TPSA) is 78.1 Å².